The van der Waals surface area contributed by atoms with Crippen LogP contribution in [0.5, 0.6) is 0 Å². The molecule has 0 saturated heterocycles. The molecule has 0 bridgehead atoms. The largest absolute Gasteiger partial charge is 0.465 e. The second kappa shape index (κ2) is 5.07. The number of hydrogen-bond donors (Lipinski definition) is 1. The molecule has 0 aliphatic heterocycles. The van der Waals surface area contributed by atoms with Crippen molar-refractivity contribution in [1.82, 2.24) is 0 Å². The van der Waals surface area contributed by atoms with Gasteiger partial charge in [0, 0.05) is 21.2 Å². The van der Waals surface area contributed by atoms with Crippen molar-refractivity contribution in [1.29, 1.82) is 0 Å². The lowest BCUT2D eigenvalue weighted by atomic mass is 9.90. The van der Waals surface area contributed by atoms with Crippen molar-refractivity contribution in [2.75, 3.05) is 7.11 Å². The minimum atomic E-state index is -4.94. The van der Waals surface area contributed by atoms with E-state index in [1.54, 1.807) is 6.07 Å². The lowest BCUT2D eigenvalue weighted by Crippen LogP contribution is -2.41. The van der Waals surface area contributed by atoms with Crippen LogP contribution in [-0.4, -0.2) is 24.4 Å². The molecule has 1 unspecified atom stereocenters. The van der Waals surface area contributed by atoms with E-state index in [0.717, 1.165) is 13.2 Å². The van der Waals surface area contributed by atoms with E-state index in [1.807, 2.05) is 0 Å². The van der Waals surface area contributed by atoms with Crippen LogP contribution >= 0.6 is 15.9 Å². The van der Waals surface area contributed by atoms with Gasteiger partial charge < -0.3 is 9.84 Å². The Kier molecular flexibility index (Phi) is 3.53. The first-order chi connectivity index (χ1) is 10.7. The van der Waals surface area contributed by atoms with Gasteiger partial charge in [0.25, 0.3) is 0 Å². The number of aliphatic hydroxyl groups is 1. The highest BCUT2D eigenvalue weighted by molar-refractivity contribution is 9.10. The van der Waals surface area contributed by atoms with E-state index in [2.05, 4.69) is 20.7 Å². The van der Waals surface area contributed by atoms with Crippen molar-refractivity contribution in [3.8, 4) is 11.1 Å². The van der Waals surface area contributed by atoms with E-state index >= 15 is 0 Å². The summed E-state index contributed by atoms with van der Waals surface area (Å²) in [6.45, 7) is 0. The molecular formula is C16H10BrF3O3. The van der Waals surface area contributed by atoms with Crippen LogP contribution in [0.3, 0.4) is 0 Å². The summed E-state index contributed by atoms with van der Waals surface area (Å²) in [7, 11) is 1.13. The number of methoxy groups -OCH3 is 1. The fourth-order valence-electron chi connectivity index (χ4n) is 2.87. The van der Waals surface area contributed by atoms with Crippen LogP contribution in [0.15, 0.2) is 40.9 Å². The Morgan fingerprint density at radius 3 is 2.48 bits per heavy atom. The van der Waals surface area contributed by atoms with Crippen LogP contribution in [0.1, 0.15) is 21.5 Å². The quantitative estimate of drug-likeness (QED) is 0.753. The van der Waals surface area contributed by atoms with E-state index in [0.29, 0.717) is 0 Å². The van der Waals surface area contributed by atoms with Crippen molar-refractivity contribution in [2.45, 2.75) is 11.8 Å². The average Bonchev–Trinajstić information content (AvgIpc) is 2.77. The molecule has 0 fully saturated rings. The first-order valence-electron chi connectivity index (χ1n) is 6.53. The molecule has 0 aromatic heterocycles. The van der Waals surface area contributed by atoms with Crippen LogP contribution in [0.4, 0.5) is 13.2 Å². The third-order valence-electron chi connectivity index (χ3n) is 3.90. The second-order valence-electron chi connectivity index (χ2n) is 5.13. The molecule has 2 aromatic rings. The number of halogens is 4. The summed E-state index contributed by atoms with van der Waals surface area (Å²) in [6, 6.07) is 8.15. The lowest BCUT2D eigenvalue weighted by molar-refractivity contribution is -0.246. The Balaban J connectivity index is 2.40. The van der Waals surface area contributed by atoms with E-state index in [4.69, 9.17) is 0 Å². The van der Waals surface area contributed by atoms with Crippen molar-refractivity contribution in [3.05, 3.63) is 57.6 Å². The summed E-state index contributed by atoms with van der Waals surface area (Å²) >= 11 is 3.20. The van der Waals surface area contributed by atoms with Gasteiger partial charge in [0.05, 0.1) is 12.7 Å². The van der Waals surface area contributed by atoms with Gasteiger partial charge in [0.1, 0.15) is 0 Å². The summed E-state index contributed by atoms with van der Waals surface area (Å²) in [5.74, 6) is -0.783. The lowest BCUT2D eigenvalue weighted by Gasteiger charge is -2.28. The van der Waals surface area contributed by atoms with Gasteiger partial charge in [0.15, 0.2) is 0 Å². The van der Waals surface area contributed by atoms with Gasteiger partial charge in [-0.3, -0.25) is 0 Å². The molecule has 1 N–H and O–H groups in total. The van der Waals surface area contributed by atoms with Crippen molar-refractivity contribution < 1.29 is 27.8 Å². The van der Waals surface area contributed by atoms with E-state index < -0.39 is 17.7 Å². The number of rotatable bonds is 1. The van der Waals surface area contributed by atoms with Crippen molar-refractivity contribution >= 4 is 21.9 Å². The minimum absolute atomic E-state index is 0.0754. The molecule has 3 rings (SSSR count). The Morgan fingerprint density at radius 2 is 1.87 bits per heavy atom. The highest BCUT2D eigenvalue weighted by Crippen LogP contribution is 2.56. The standard InChI is InChI=1S/C16H10BrF3O3/c1-23-14(21)8-6-11-13(12(17)7-8)9-4-2-3-5-10(9)15(11,22)16(18,19)20/h2-7,22H,1H3. The average molecular weight is 387 g/mol. The normalized spacial score (nSPS) is 19.2. The zero-order chi connectivity index (χ0) is 17.0. The van der Waals surface area contributed by atoms with Gasteiger partial charge in [0.2, 0.25) is 5.60 Å². The maximum atomic E-state index is 13.7. The van der Waals surface area contributed by atoms with Crippen molar-refractivity contribution in [2.24, 2.45) is 0 Å². The molecule has 0 heterocycles. The Hall–Kier alpha value is -1.86. The highest BCUT2D eigenvalue weighted by atomic mass is 79.9. The minimum Gasteiger partial charge on any atom is -0.465 e. The maximum absolute atomic E-state index is 13.7. The molecular weight excluding hydrogens is 377 g/mol. The van der Waals surface area contributed by atoms with Crippen LogP contribution in [0.2, 0.25) is 0 Å². The number of carbonyl (C=O) groups excluding carboxylic acids is 1. The zero-order valence-electron chi connectivity index (χ0n) is 11.7. The molecule has 7 heteroatoms. The number of carbonyl (C=O) groups is 1. The predicted octanol–water partition coefficient (Wildman–Crippen LogP) is 4.01. The topological polar surface area (TPSA) is 46.5 Å². The number of benzene rings is 2. The summed E-state index contributed by atoms with van der Waals surface area (Å²) in [6.07, 6.45) is -4.94. The third kappa shape index (κ3) is 2.10. The number of esters is 1. The molecule has 3 nitrogen and oxygen atoms in total. The zero-order valence-corrected chi connectivity index (χ0v) is 13.3. The van der Waals surface area contributed by atoms with Crippen molar-refractivity contribution in [3.63, 3.8) is 0 Å². The van der Waals surface area contributed by atoms with Gasteiger partial charge in [-0.2, -0.15) is 13.2 Å². The SMILES string of the molecule is COC(=O)c1cc(Br)c2c(c1)C(O)(C(F)(F)F)c1ccccc1-2. The fraction of sp³-hybridized carbons (Fsp3) is 0.188. The van der Waals surface area contributed by atoms with Crippen LogP contribution in [0.25, 0.3) is 11.1 Å². The van der Waals surface area contributed by atoms with Crippen LogP contribution in [0, 0.1) is 0 Å². The molecule has 1 atom stereocenters. The van der Waals surface area contributed by atoms with E-state index in [-0.39, 0.29) is 32.3 Å². The summed E-state index contributed by atoms with van der Waals surface area (Å²) in [5, 5.41) is 10.5. The van der Waals surface area contributed by atoms with Gasteiger partial charge in [-0.1, -0.05) is 40.2 Å². The first kappa shape index (κ1) is 16.0. The monoisotopic (exact) mass is 386 g/mol. The molecule has 0 radical (unpaired) electrons. The number of fused-ring (bicyclic) bond motifs is 3. The Bertz CT molecular complexity index is 817. The molecule has 0 saturated carbocycles. The molecule has 2 aromatic carbocycles. The number of ether oxygens (including phenoxy) is 1. The smallest absolute Gasteiger partial charge is 0.425 e. The van der Waals surface area contributed by atoms with E-state index in [9.17, 15) is 23.1 Å². The highest BCUT2D eigenvalue weighted by Gasteiger charge is 2.61. The maximum Gasteiger partial charge on any atom is 0.425 e. The fourth-order valence-corrected chi connectivity index (χ4v) is 3.54. The summed E-state index contributed by atoms with van der Waals surface area (Å²) in [5.41, 5.74) is -3.41. The summed E-state index contributed by atoms with van der Waals surface area (Å²) < 4.78 is 45.8. The molecule has 1 aliphatic carbocycles. The predicted molar refractivity (Wildman–Crippen MR) is 80.0 cm³/mol. The Labute approximate surface area is 137 Å². The van der Waals surface area contributed by atoms with E-state index in [1.165, 1.54) is 24.3 Å². The Morgan fingerprint density at radius 1 is 1.22 bits per heavy atom. The van der Waals surface area contributed by atoms with Gasteiger partial charge in [-0.25, -0.2) is 4.79 Å². The van der Waals surface area contributed by atoms with Gasteiger partial charge in [-0.15, -0.1) is 0 Å². The molecule has 23 heavy (non-hydrogen) atoms. The first-order valence-corrected chi connectivity index (χ1v) is 7.32. The van der Waals surface area contributed by atoms with Gasteiger partial charge >= 0.3 is 12.1 Å². The van der Waals surface area contributed by atoms with Crippen LogP contribution in [-0.2, 0) is 10.3 Å². The third-order valence-corrected chi connectivity index (χ3v) is 4.52. The van der Waals surface area contributed by atoms with Crippen LogP contribution < -0.4 is 0 Å². The summed E-state index contributed by atoms with van der Waals surface area (Å²) in [4.78, 5) is 11.7. The second-order valence-corrected chi connectivity index (χ2v) is 5.98. The molecule has 1 aliphatic rings. The van der Waals surface area contributed by atoms with Gasteiger partial charge in [-0.05, 0) is 17.7 Å². The number of hydrogen-bond acceptors (Lipinski definition) is 3. The number of alkyl halides is 3. The molecule has 0 amide bonds. The molecule has 0 spiro atoms. The molecule has 120 valence electrons.